The van der Waals surface area contributed by atoms with Crippen LogP contribution >= 0.6 is 11.6 Å². The Morgan fingerprint density at radius 2 is 2.08 bits per heavy atom. The number of aliphatic hydroxyl groups is 1. The van der Waals surface area contributed by atoms with E-state index in [2.05, 4.69) is 16.8 Å². The number of nitrogens with zero attached hydrogens (tertiary/aromatic N) is 3. The van der Waals surface area contributed by atoms with E-state index < -0.39 is 5.60 Å². The van der Waals surface area contributed by atoms with E-state index in [1.165, 1.54) is 0 Å². The van der Waals surface area contributed by atoms with Gasteiger partial charge in [-0.15, -0.1) is 0 Å². The van der Waals surface area contributed by atoms with Gasteiger partial charge in [-0.25, -0.2) is 4.98 Å². The Morgan fingerprint density at radius 1 is 1.32 bits per heavy atom. The van der Waals surface area contributed by atoms with Gasteiger partial charge >= 0.3 is 0 Å². The molecule has 0 atom stereocenters. The minimum atomic E-state index is -0.961. The molecule has 1 aliphatic heterocycles. The van der Waals surface area contributed by atoms with Gasteiger partial charge in [0.25, 0.3) is 5.91 Å². The molecule has 1 aromatic heterocycles. The Hall–Kier alpha value is -2.29. The maximum absolute atomic E-state index is 12.9. The van der Waals surface area contributed by atoms with Gasteiger partial charge < -0.3 is 10.0 Å². The van der Waals surface area contributed by atoms with Crippen LogP contribution in [0.25, 0.3) is 5.69 Å². The van der Waals surface area contributed by atoms with E-state index >= 15 is 0 Å². The second-order valence-electron chi connectivity index (χ2n) is 6.70. The van der Waals surface area contributed by atoms with Crippen molar-refractivity contribution in [2.75, 3.05) is 7.05 Å². The standard InChI is InChI=1S/C19H18ClN3O2/c1-22-11-13-14(20)5-4-6-16(13)23-12-21-15(17(23)18(22)24)7-10-19(25)8-2-3-9-19/h4-6,12,25H,2-3,8-9,11H2,1H3. The van der Waals surface area contributed by atoms with Crippen LogP contribution in [0.3, 0.4) is 0 Å². The minimum absolute atomic E-state index is 0.160. The number of fused-ring (bicyclic) bond motifs is 3. The molecule has 1 saturated carbocycles. The Balaban J connectivity index is 1.85. The van der Waals surface area contributed by atoms with Crippen molar-refractivity contribution in [1.82, 2.24) is 14.5 Å². The van der Waals surface area contributed by atoms with Crippen molar-refractivity contribution in [2.24, 2.45) is 0 Å². The maximum atomic E-state index is 12.9. The van der Waals surface area contributed by atoms with Crippen LogP contribution < -0.4 is 0 Å². The SMILES string of the molecule is CN1Cc2c(Cl)cccc2-n2cnc(C#CC3(O)CCCC3)c2C1=O. The zero-order valence-electron chi connectivity index (χ0n) is 13.9. The third-order valence-corrected chi connectivity index (χ3v) is 5.26. The highest BCUT2D eigenvalue weighted by Crippen LogP contribution is 2.31. The maximum Gasteiger partial charge on any atom is 0.273 e. The summed E-state index contributed by atoms with van der Waals surface area (Å²) in [4.78, 5) is 18.8. The first-order valence-electron chi connectivity index (χ1n) is 8.35. The summed E-state index contributed by atoms with van der Waals surface area (Å²) in [5.74, 6) is 5.72. The lowest BCUT2D eigenvalue weighted by molar-refractivity contribution is 0.0782. The van der Waals surface area contributed by atoms with Gasteiger partial charge in [-0.3, -0.25) is 9.36 Å². The van der Waals surface area contributed by atoms with Gasteiger partial charge in [0.15, 0.2) is 0 Å². The highest BCUT2D eigenvalue weighted by Gasteiger charge is 2.30. The van der Waals surface area contributed by atoms with Crippen molar-refractivity contribution in [3.63, 3.8) is 0 Å². The molecule has 0 unspecified atom stereocenters. The second-order valence-corrected chi connectivity index (χ2v) is 7.11. The number of carbonyl (C=O) groups is 1. The van der Waals surface area contributed by atoms with Crippen molar-refractivity contribution >= 4 is 17.5 Å². The molecule has 2 heterocycles. The first-order valence-corrected chi connectivity index (χ1v) is 8.72. The number of rotatable bonds is 0. The number of hydrogen-bond donors (Lipinski definition) is 1. The molecule has 1 amide bonds. The lowest BCUT2D eigenvalue weighted by atomic mass is 10.0. The summed E-state index contributed by atoms with van der Waals surface area (Å²) in [5.41, 5.74) is 1.56. The van der Waals surface area contributed by atoms with E-state index in [9.17, 15) is 9.90 Å². The van der Waals surface area contributed by atoms with E-state index in [0.717, 1.165) is 24.1 Å². The summed E-state index contributed by atoms with van der Waals surface area (Å²) in [5, 5.41) is 11.1. The molecule has 1 N–H and O–H groups in total. The molecule has 128 valence electrons. The van der Waals surface area contributed by atoms with Gasteiger partial charge in [0.1, 0.15) is 23.3 Å². The number of benzene rings is 1. The van der Waals surface area contributed by atoms with Crippen molar-refractivity contribution in [2.45, 2.75) is 37.8 Å². The van der Waals surface area contributed by atoms with Crippen LogP contribution in [0.5, 0.6) is 0 Å². The first kappa shape index (κ1) is 16.2. The normalized spacial score (nSPS) is 18.2. The Kier molecular flexibility index (Phi) is 3.82. The monoisotopic (exact) mass is 355 g/mol. The molecule has 2 aromatic rings. The number of carbonyl (C=O) groups excluding carboxylic acids is 1. The van der Waals surface area contributed by atoms with Crippen LogP contribution in [0.2, 0.25) is 5.02 Å². The topological polar surface area (TPSA) is 58.4 Å². The van der Waals surface area contributed by atoms with Gasteiger partial charge in [0.05, 0.1) is 5.69 Å². The van der Waals surface area contributed by atoms with Gasteiger partial charge in [0, 0.05) is 24.2 Å². The fourth-order valence-corrected chi connectivity index (χ4v) is 3.74. The molecule has 4 rings (SSSR count). The number of aromatic nitrogens is 2. The summed E-state index contributed by atoms with van der Waals surface area (Å²) >= 11 is 6.33. The van der Waals surface area contributed by atoms with Crippen LogP contribution in [0.1, 0.15) is 47.4 Å². The Morgan fingerprint density at radius 3 is 2.84 bits per heavy atom. The summed E-state index contributed by atoms with van der Waals surface area (Å²) in [6, 6.07) is 5.59. The third-order valence-electron chi connectivity index (χ3n) is 4.91. The predicted molar refractivity (Wildman–Crippen MR) is 94.7 cm³/mol. The molecule has 2 aliphatic rings. The van der Waals surface area contributed by atoms with Gasteiger partial charge in [-0.1, -0.05) is 23.6 Å². The van der Waals surface area contributed by atoms with Crippen LogP contribution in [-0.4, -0.2) is 38.1 Å². The molecule has 0 radical (unpaired) electrons. The van der Waals surface area contributed by atoms with Crippen LogP contribution in [-0.2, 0) is 6.54 Å². The summed E-state index contributed by atoms with van der Waals surface area (Å²) in [7, 11) is 1.74. The fraction of sp³-hybridized carbons (Fsp3) is 0.368. The number of hydrogen-bond acceptors (Lipinski definition) is 3. The highest BCUT2D eigenvalue weighted by molar-refractivity contribution is 6.31. The molecule has 1 fully saturated rings. The highest BCUT2D eigenvalue weighted by atomic mass is 35.5. The van der Waals surface area contributed by atoms with E-state index in [-0.39, 0.29) is 5.91 Å². The average Bonchev–Trinajstić information content (AvgIpc) is 3.18. The minimum Gasteiger partial charge on any atom is -0.378 e. The van der Waals surface area contributed by atoms with E-state index in [1.807, 2.05) is 18.2 Å². The molecule has 5 nitrogen and oxygen atoms in total. The number of amides is 1. The molecule has 0 bridgehead atoms. The van der Waals surface area contributed by atoms with Crippen LogP contribution in [0.4, 0.5) is 0 Å². The zero-order valence-corrected chi connectivity index (χ0v) is 14.7. The molecule has 6 heteroatoms. The van der Waals surface area contributed by atoms with Crippen molar-refractivity contribution in [3.05, 3.63) is 46.5 Å². The predicted octanol–water partition coefficient (Wildman–Crippen LogP) is 2.77. The van der Waals surface area contributed by atoms with Crippen LogP contribution in [0, 0.1) is 11.8 Å². The lowest BCUT2D eigenvalue weighted by Gasteiger charge is -2.15. The largest absolute Gasteiger partial charge is 0.378 e. The van der Waals surface area contributed by atoms with E-state index in [0.29, 0.717) is 35.8 Å². The lowest BCUT2D eigenvalue weighted by Crippen LogP contribution is -2.26. The summed E-state index contributed by atoms with van der Waals surface area (Å²) < 4.78 is 1.75. The molecular weight excluding hydrogens is 338 g/mol. The number of imidazole rings is 1. The van der Waals surface area contributed by atoms with E-state index in [1.54, 1.807) is 22.8 Å². The molecule has 1 aliphatic carbocycles. The van der Waals surface area contributed by atoms with Crippen LogP contribution in [0.15, 0.2) is 24.5 Å². The quantitative estimate of drug-likeness (QED) is 0.739. The molecule has 0 spiro atoms. The average molecular weight is 356 g/mol. The van der Waals surface area contributed by atoms with Gasteiger partial charge in [0.2, 0.25) is 0 Å². The molecule has 0 saturated heterocycles. The summed E-state index contributed by atoms with van der Waals surface area (Å²) in [6.07, 6.45) is 4.88. The van der Waals surface area contributed by atoms with E-state index in [4.69, 9.17) is 11.6 Å². The first-order chi connectivity index (χ1) is 12.0. The second kappa shape index (κ2) is 5.91. The van der Waals surface area contributed by atoms with Crippen molar-refractivity contribution in [1.29, 1.82) is 0 Å². The molecule has 1 aromatic carbocycles. The van der Waals surface area contributed by atoms with Crippen molar-refractivity contribution in [3.8, 4) is 17.5 Å². The van der Waals surface area contributed by atoms with Gasteiger partial charge in [-0.05, 0) is 43.7 Å². The zero-order chi connectivity index (χ0) is 17.6. The summed E-state index contributed by atoms with van der Waals surface area (Å²) in [6.45, 7) is 0.423. The smallest absolute Gasteiger partial charge is 0.273 e. The third kappa shape index (κ3) is 2.72. The van der Waals surface area contributed by atoms with Crippen molar-refractivity contribution < 1.29 is 9.90 Å². The fourth-order valence-electron chi connectivity index (χ4n) is 3.51. The molecule has 25 heavy (non-hydrogen) atoms. The Bertz CT molecular complexity index is 916. The molecular formula is C19H18ClN3O2. The van der Waals surface area contributed by atoms with Gasteiger partial charge in [-0.2, -0.15) is 0 Å². The Labute approximate surface area is 151 Å². The number of halogens is 1.